The van der Waals surface area contributed by atoms with E-state index in [1.54, 1.807) is 23.2 Å². The SMILES string of the molecule is CC(OC(=O)/C=C/c1ccccc1[N+](=O)[O-])C(=O)N(c1nccs1)C1CCCCC1. The average molecular weight is 429 g/mol. The van der Waals surface area contributed by atoms with Crippen LogP contribution in [0.5, 0.6) is 0 Å². The van der Waals surface area contributed by atoms with Crippen molar-refractivity contribution in [1.82, 2.24) is 4.98 Å². The van der Waals surface area contributed by atoms with Gasteiger partial charge in [0, 0.05) is 29.8 Å². The third-order valence-electron chi connectivity index (χ3n) is 4.98. The first-order chi connectivity index (χ1) is 14.5. The summed E-state index contributed by atoms with van der Waals surface area (Å²) in [7, 11) is 0. The van der Waals surface area contributed by atoms with E-state index in [2.05, 4.69) is 4.98 Å². The van der Waals surface area contributed by atoms with Crippen LogP contribution in [-0.2, 0) is 14.3 Å². The van der Waals surface area contributed by atoms with Crippen LogP contribution in [0, 0.1) is 10.1 Å². The maximum absolute atomic E-state index is 13.1. The molecule has 1 aromatic heterocycles. The number of ether oxygens (including phenoxy) is 1. The van der Waals surface area contributed by atoms with Crippen molar-refractivity contribution in [2.45, 2.75) is 51.2 Å². The summed E-state index contributed by atoms with van der Waals surface area (Å²) >= 11 is 1.38. The zero-order chi connectivity index (χ0) is 21.5. The van der Waals surface area contributed by atoms with Crippen LogP contribution in [0.3, 0.4) is 0 Å². The average Bonchev–Trinajstić information content (AvgIpc) is 3.27. The van der Waals surface area contributed by atoms with Gasteiger partial charge in [0.25, 0.3) is 11.6 Å². The van der Waals surface area contributed by atoms with Gasteiger partial charge in [0.05, 0.1) is 10.5 Å². The van der Waals surface area contributed by atoms with E-state index in [1.165, 1.54) is 36.5 Å². The molecule has 0 radical (unpaired) electrons. The fraction of sp³-hybridized carbons (Fsp3) is 0.381. The van der Waals surface area contributed by atoms with E-state index in [4.69, 9.17) is 4.74 Å². The summed E-state index contributed by atoms with van der Waals surface area (Å²) < 4.78 is 5.29. The number of hydrogen-bond donors (Lipinski definition) is 0. The van der Waals surface area contributed by atoms with Crippen molar-refractivity contribution < 1.29 is 19.2 Å². The Labute approximate surface area is 178 Å². The lowest BCUT2D eigenvalue weighted by Crippen LogP contribution is -2.47. The molecule has 1 aliphatic carbocycles. The highest BCUT2D eigenvalue weighted by atomic mass is 32.1. The molecule has 2 aromatic rings. The third kappa shape index (κ3) is 5.29. The van der Waals surface area contributed by atoms with Gasteiger partial charge in [-0.15, -0.1) is 11.3 Å². The standard InChI is InChI=1S/C21H23N3O5S/c1-15(29-19(25)12-11-16-7-5-6-10-18(16)24(27)28)20(26)23(21-22-13-14-30-21)17-8-3-2-4-9-17/h5-7,10-15,17H,2-4,8-9H2,1H3/b12-11+. The van der Waals surface area contributed by atoms with Gasteiger partial charge in [-0.1, -0.05) is 31.4 Å². The van der Waals surface area contributed by atoms with Crippen LogP contribution in [0.4, 0.5) is 10.8 Å². The fourth-order valence-corrected chi connectivity index (χ4v) is 4.23. The van der Waals surface area contributed by atoms with Gasteiger partial charge in [-0.3, -0.25) is 19.8 Å². The summed E-state index contributed by atoms with van der Waals surface area (Å²) in [5.41, 5.74) is 0.169. The summed E-state index contributed by atoms with van der Waals surface area (Å²) in [4.78, 5) is 41.8. The Morgan fingerprint density at radius 2 is 2.03 bits per heavy atom. The number of nitro groups is 1. The fourth-order valence-electron chi connectivity index (χ4n) is 3.52. The van der Waals surface area contributed by atoms with Crippen LogP contribution in [0.15, 0.2) is 41.9 Å². The van der Waals surface area contributed by atoms with E-state index >= 15 is 0 Å². The molecule has 30 heavy (non-hydrogen) atoms. The molecule has 0 spiro atoms. The molecule has 158 valence electrons. The molecule has 1 heterocycles. The van der Waals surface area contributed by atoms with Crippen molar-refractivity contribution in [3.8, 4) is 0 Å². The summed E-state index contributed by atoms with van der Waals surface area (Å²) in [6, 6.07) is 6.12. The zero-order valence-electron chi connectivity index (χ0n) is 16.6. The highest BCUT2D eigenvalue weighted by Crippen LogP contribution is 2.29. The molecule has 3 rings (SSSR count). The molecule has 9 heteroatoms. The smallest absolute Gasteiger partial charge is 0.331 e. The van der Waals surface area contributed by atoms with E-state index in [-0.39, 0.29) is 23.2 Å². The van der Waals surface area contributed by atoms with E-state index < -0.39 is 17.0 Å². The molecule has 0 aliphatic heterocycles. The second kappa shape index (κ2) is 10.1. The highest BCUT2D eigenvalue weighted by molar-refractivity contribution is 7.13. The number of aromatic nitrogens is 1. The molecular formula is C21H23N3O5S. The van der Waals surface area contributed by atoms with Crippen LogP contribution in [0.25, 0.3) is 6.08 Å². The molecule has 1 atom stereocenters. The monoisotopic (exact) mass is 429 g/mol. The van der Waals surface area contributed by atoms with Crippen LogP contribution >= 0.6 is 11.3 Å². The quantitative estimate of drug-likeness (QED) is 0.280. The molecule has 0 saturated heterocycles. The van der Waals surface area contributed by atoms with Gasteiger partial charge in [0.1, 0.15) is 0 Å². The Balaban J connectivity index is 1.69. The highest BCUT2D eigenvalue weighted by Gasteiger charge is 2.32. The Morgan fingerprint density at radius 3 is 2.70 bits per heavy atom. The van der Waals surface area contributed by atoms with Crippen molar-refractivity contribution in [2.75, 3.05) is 4.90 Å². The van der Waals surface area contributed by atoms with E-state index in [9.17, 15) is 19.7 Å². The van der Waals surface area contributed by atoms with E-state index in [1.807, 2.05) is 5.38 Å². The van der Waals surface area contributed by atoms with Gasteiger partial charge in [0.15, 0.2) is 11.2 Å². The summed E-state index contributed by atoms with van der Waals surface area (Å²) in [5.74, 6) is -1.05. The van der Waals surface area contributed by atoms with Crippen molar-refractivity contribution >= 4 is 40.1 Å². The van der Waals surface area contributed by atoms with Crippen molar-refractivity contribution in [3.05, 3.63) is 57.6 Å². The maximum Gasteiger partial charge on any atom is 0.331 e. The number of thiazole rings is 1. The first-order valence-electron chi connectivity index (χ1n) is 9.82. The Hall–Kier alpha value is -3.07. The first-order valence-corrected chi connectivity index (χ1v) is 10.7. The van der Waals surface area contributed by atoms with Crippen molar-refractivity contribution in [2.24, 2.45) is 0 Å². The van der Waals surface area contributed by atoms with Crippen LogP contribution in [-0.4, -0.2) is 33.9 Å². The number of carbonyl (C=O) groups excluding carboxylic acids is 2. The molecule has 1 saturated carbocycles. The molecule has 1 aliphatic rings. The number of nitro benzene ring substituents is 1. The Kier molecular flexibility index (Phi) is 7.29. The Bertz CT molecular complexity index is 922. The van der Waals surface area contributed by atoms with Crippen LogP contribution < -0.4 is 4.90 Å². The lowest BCUT2D eigenvalue weighted by Gasteiger charge is -2.33. The van der Waals surface area contributed by atoms with Gasteiger partial charge in [-0.05, 0) is 31.9 Å². The second-order valence-corrected chi connectivity index (χ2v) is 7.92. The zero-order valence-corrected chi connectivity index (χ0v) is 17.4. The molecule has 1 fully saturated rings. The number of esters is 1. The number of carbonyl (C=O) groups is 2. The predicted octanol–water partition coefficient (Wildman–Crippen LogP) is 4.36. The molecule has 0 N–H and O–H groups in total. The van der Waals surface area contributed by atoms with Gasteiger partial charge < -0.3 is 4.74 Å². The van der Waals surface area contributed by atoms with Gasteiger partial charge in [-0.2, -0.15) is 0 Å². The molecule has 1 aromatic carbocycles. The third-order valence-corrected chi connectivity index (χ3v) is 5.75. The number of nitrogens with zero attached hydrogens (tertiary/aromatic N) is 3. The lowest BCUT2D eigenvalue weighted by molar-refractivity contribution is -0.385. The number of rotatable bonds is 7. The van der Waals surface area contributed by atoms with Crippen molar-refractivity contribution in [3.63, 3.8) is 0 Å². The number of amides is 1. The summed E-state index contributed by atoms with van der Waals surface area (Å²) in [6.07, 6.45) is 8.09. The number of para-hydroxylation sites is 1. The molecular weight excluding hydrogens is 406 g/mol. The van der Waals surface area contributed by atoms with E-state index in [0.717, 1.165) is 38.2 Å². The van der Waals surface area contributed by atoms with Crippen LogP contribution in [0.2, 0.25) is 0 Å². The summed E-state index contributed by atoms with van der Waals surface area (Å²) in [5, 5.41) is 13.5. The van der Waals surface area contributed by atoms with E-state index in [0.29, 0.717) is 5.13 Å². The van der Waals surface area contributed by atoms with Crippen molar-refractivity contribution in [1.29, 1.82) is 0 Å². The maximum atomic E-state index is 13.1. The largest absolute Gasteiger partial charge is 0.449 e. The predicted molar refractivity (Wildman–Crippen MR) is 114 cm³/mol. The number of hydrogen-bond acceptors (Lipinski definition) is 7. The Morgan fingerprint density at radius 1 is 1.30 bits per heavy atom. The normalized spacial score (nSPS) is 15.6. The molecule has 8 nitrogen and oxygen atoms in total. The number of benzene rings is 1. The second-order valence-electron chi connectivity index (χ2n) is 7.04. The van der Waals surface area contributed by atoms with Gasteiger partial charge in [0.2, 0.25) is 0 Å². The van der Waals surface area contributed by atoms with Crippen LogP contribution in [0.1, 0.15) is 44.6 Å². The minimum absolute atomic E-state index is 0.0427. The topological polar surface area (TPSA) is 103 Å². The minimum atomic E-state index is -1.00. The minimum Gasteiger partial charge on any atom is -0.449 e. The lowest BCUT2D eigenvalue weighted by atomic mass is 9.94. The van der Waals surface area contributed by atoms with Gasteiger partial charge >= 0.3 is 5.97 Å². The molecule has 0 bridgehead atoms. The first kappa shape index (κ1) is 21.6. The molecule has 1 amide bonds. The summed E-state index contributed by atoms with van der Waals surface area (Å²) in [6.45, 7) is 1.53. The van der Waals surface area contributed by atoms with Gasteiger partial charge in [-0.25, -0.2) is 9.78 Å². The molecule has 1 unspecified atom stereocenters. The number of anilines is 1.